The van der Waals surface area contributed by atoms with Crippen LogP contribution in [-0.4, -0.2) is 22.3 Å². The van der Waals surface area contributed by atoms with E-state index in [1.54, 1.807) is 0 Å². The van der Waals surface area contributed by atoms with Crippen LogP contribution in [0.3, 0.4) is 0 Å². The van der Waals surface area contributed by atoms with Crippen molar-refractivity contribution >= 4 is 5.97 Å². The van der Waals surface area contributed by atoms with Gasteiger partial charge in [0.25, 0.3) is 0 Å². The van der Waals surface area contributed by atoms with Gasteiger partial charge in [-0.2, -0.15) is 0 Å². The van der Waals surface area contributed by atoms with Crippen LogP contribution in [0.5, 0.6) is 0 Å². The molecular formula is C24H38O3. The van der Waals surface area contributed by atoms with Crippen molar-refractivity contribution in [1.82, 2.24) is 0 Å². The fourth-order valence-corrected chi connectivity index (χ4v) is 8.12. The molecule has 0 bridgehead atoms. The molecular weight excluding hydrogens is 336 g/mol. The summed E-state index contributed by atoms with van der Waals surface area (Å²) in [4.78, 5) is 11.0. The van der Waals surface area contributed by atoms with E-state index in [4.69, 9.17) is 5.11 Å². The predicted octanol–water partition coefficient (Wildman–Crippen LogP) is 5.28. The fraction of sp³-hybridized carbons (Fsp3) is 0.875. The molecule has 0 aromatic carbocycles. The maximum Gasteiger partial charge on any atom is 0.303 e. The number of hydrogen-bond donors (Lipinski definition) is 2. The van der Waals surface area contributed by atoms with Crippen LogP contribution >= 0.6 is 0 Å². The predicted molar refractivity (Wildman–Crippen MR) is 107 cm³/mol. The number of hydrogen-bond acceptors (Lipinski definition) is 2. The number of aliphatic hydroxyl groups excluding tert-OH is 1. The number of rotatable bonds is 4. The van der Waals surface area contributed by atoms with Gasteiger partial charge in [0, 0.05) is 6.42 Å². The number of aliphatic hydroxyl groups is 1. The molecule has 9 atom stereocenters. The summed E-state index contributed by atoms with van der Waals surface area (Å²) in [6.45, 7) is 7.33. The highest BCUT2D eigenvalue weighted by Gasteiger charge is 2.59. The number of fused-ring (bicyclic) bond motifs is 5. The molecule has 0 aromatic rings. The first-order valence-corrected chi connectivity index (χ1v) is 11.3. The minimum atomic E-state index is -0.654. The van der Waals surface area contributed by atoms with E-state index in [1.807, 2.05) is 0 Å². The van der Waals surface area contributed by atoms with E-state index in [1.165, 1.54) is 32.1 Å². The second-order valence-corrected chi connectivity index (χ2v) is 10.9. The van der Waals surface area contributed by atoms with E-state index in [2.05, 4.69) is 32.9 Å². The van der Waals surface area contributed by atoms with Crippen LogP contribution < -0.4 is 0 Å². The van der Waals surface area contributed by atoms with Crippen LogP contribution in [0.15, 0.2) is 12.2 Å². The van der Waals surface area contributed by atoms with Gasteiger partial charge in [0.2, 0.25) is 0 Å². The molecule has 0 radical (unpaired) electrons. The first kappa shape index (κ1) is 19.5. The summed E-state index contributed by atoms with van der Waals surface area (Å²) < 4.78 is 0. The smallest absolute Gasteiger partial charge is 0.303 e. The van der Waals surface area contributed by atoms with Crippen molar-refractivity contribution in [3.05, 3.63) is 12.2 Å². The molecule has 2 unspecified atom stereocenters. The first-order chi connectivity index (χ1) is 12.8. The standard InChI is InChI=1S/C24H38O3/c1-15(4-9-22(26)27)19-7-8-20-18-6-5-16-14-17(25)10-12-23(16,2)21(18)11-13-24(19,20)3/h5-6,15-21,25H,4,7-14H2,1-3H3,(H,26,27)/t15-,16?,17-,18?,19-,20+,21+,23+,24-/m1/s1. The molecule has 0 heterocycles. The quantitative estimate of drug-likeness (QED) is 0.658. The van der Waals surface area contributed by atoms with Crippen LogP contribution in [0.2, 0.25) is 0 Å². The molecule has 152 valence electrons. The second kappa shape index (κ2) is 6.90. The third-order valence-corrected chi connectivity index (χ3v) is 9.71. The maximum atomic E-state index is 11.0. The Hall–Kier alpha value is -0.830. The normalized spacial score (nSPS) is 49.8. The highest BCUT2D eigenvalue weighted by molar-refractivity contribution is 5.66. The number of aliphatic carboxylic acids is 1. The lowest BCUT2D eigenvalue weighted by atomic mass is 9.46. The highest BCUT2D eigenvalue weighted by Crippen LogP contribution is 2.66. The number of carbonyl (C=O) groups is 1. The van der Waals surface area contributed by atoms with Gasteiger partial charge in [0.15, 0.2) is 0 Å². The van der Waals surface area contributed by atoms with Gasteiger partial charge in [0.05, 0.1) is 6.10 Å². The Bertz CT molecular complexity index is 613. The summed E-state index contributed by atoms with van der Waals surface area (Å²) in [7, 11) is 0. The Morgan fingerprint density at radius 2 is 1.78 bits per heavy atom. The zero-order valence-electron chi connectivity index (χ0n) is 17.4. The average molecular weight is 375 g/mol. The van der Waals surface area contributed by atoms with Crippen molar-refractivity contribution in [3.63, 3.8) is 0 Å². The number of carboxylic acids is 1. The zero-order valence-corrected chi connectivity index (χ0v) is 17.4. The van der Waals surface area contributed by atoms with Gasteiger partial charge in [-0.05, 0) is 97.7 Å². The van der Waals surface area contributed by atoms with Crippen LogP contribution in [-0.2, 0) is 4.79 Å². The van der Waals surface area contributed by atoms with Crippen LogP contribution in [0, 0.1) is 46.3 Å². The lowest BCUT2D eigenvalue weighted by Gasteiger charge is -2.59. The van der Waals surface area contributed by atoms with Gasteiger partial charge in [-0.3, -0.25) is 4.79 Å². The molecule has 3 fully saturated rings. The topological polar surface area (TPSA) is 57.5 Å². The largest absolute Gasteiger partial charge is 0.481 e. The van der Waals surface area contributed by atoms with E-state index >= 15 is 0 Å². The van der Waals surface area contributed by atoms with Crippen molar-refractivity contribution < 1.29 is 15.0 Å². The second-order valence-electron chi connectivity index (χ2n) is 10.9. The van der Waals surface area contributed by atoms with Crippen molar-refractivity contribution in [2.45, 2.75) is 84.7 Å². The average Bonchev–Trinajstić information content (AvgIpc) is 2.97. The van der Waals surface area contributed by atoms with Gasteiger partial charge in [-0.25, -0.2) is 0 Å². The molecule has 4 aliphatic rings. The van der Waals surface area contributed by atoms with E-state index < -0.39 is 5.97 Å². The molecule has 0 aromatic heterocycles. The molecule has 3 saturated carbocycles. The van der Waals surface area contributed by atoms with Gasteiger partial charge in [0.1, 0.15) is 0 Å². The minimum Gasteiger partial charge on any atom is -0.481 e. The number of carboxylic acid groups (broad SMARTS) is 1. The van der Waals surface area contributed by atoms with Gasteiger partial charge >= 0.3 is 5.97 Å². The molecule has 0 spiro atoms. The Kier molecular flexibility index (Phi) is 4.98. The third kappa shape index (κ3) is 3.09. The molecule has 4 aliphatic carbocycles. The summed E-state index contributed by atoms with van der Waals surface area (Å²) in [6, 6.07) is 0. The monoisotopic (exact) mass is 374 g/mol. The van der Waals surface area contributed by atoms with Gasteiger partial charge in [-0.15, -0.1) is 0 Å². The molecule has 0 saturated heterocycles. The maximum absolute atomic E-state index is 11.0. The van der Waals surface area contributed by atoms with E-state index in [0.717, 1.165) is 31.1 Å². The molecule has 0 amide bonds. The summed E-state index contributed by atoms with van der Waals surface area (Å²) in [6.07, 6.45) is 14.3. The Labute approximate surface area is 164 Å². The molecule has 4 rings (SSSR count). The Morgan fingerprint density at radius 1 is 1.07 bits per heavy atom. The van der Waals surface area contributed by atoms with E-state index in [-0.39, 0.29) is 6.10 Å². The van der Waals surface area contributed by atoms with Crippen LogP contribution in [0.25, 0.3) is 0 Å². The molecule has 3 nitrogen and oxygen atoms in total. The van der Waals surface area contributed by atoms with Crippen molar-refractivity contribution in [2.24, 2.45) is 46.3 Å². The highest BCUT2D eigenvalue weighted by atomic mass is 16.4. The minimum absolute atomic E-state index is 0.107. The van der Waals surface area contributed by atoms with Crippen molar-refractivity contribution in [1.29, 1.82) is 0 Å². The lowest BCUT2D eigenvalue weighted by Crippen LogP contribution is -2.52. The fourth-order valence-electron chi connectivity index (χ4n) is 8.12. The summed E-state index contributed by atoms with van der Waals surface area (Å²) >= 11 is 0. The van der Waals surface area contributed by atoms with Gasteiger partial charge in [-0.1, -0.05) is 32.9 Å². The first-order valence-electron chi connectivity index (χ1n) is 11.3. The van der Waals surface area contributed by atoms with Crippen LogP contribution in [0.1, 0.15) is 78.6 Å². The summed E-state index contributed by atoms with van der Waals surface area (Å²) in [5, 5.41) is 19.2. The summed E-state index contributed by atoms with van der Waals surface area (Å²) in [5.41, 5.74) is 0.744. The molecule has 0 aliphatic heterocycles. The number of allylic oxidation sites excluding steroid dienone is 2. The summed E-state index contributed by atoms with van der Waals surface area (Å²) in [5.74, 6) is 3.30. The van der Waals surface area contributed by atoms with Crippen molar-refractivity contribution in [3.8, 4) is 0 Å². The SMILES string of the molecule is C[C@H](CCC(=O)O)[C@H]1CC[C@H]2C3C=CC4C[C@H](O)CC[C@]4(C)[C@H]3CC[C@]12C. The van der Waals surface area contributed by atoms with Crippen molar-refractivity contribution in [2.75, 3.05) is 0 Å². The van der Waals surface area contributed by atoms with Gasteiger partial charge < -0.3 is 10.2 Å². The van der Waals surface area contributed by atoms with E-state index in [0.29, 0.717) is 40.9 Å². The third-order valence-electron chi connectivity index (χ3n) is 9.71. The molecule has 2 N–H and O–H groups in total. The lowest BCUT2D eigenvalue weighted by molar-refractivity contribution is -0.137. The van der Waals surface area contributed by atoms with Crippen LogP contribution in [0.4, 0.5) is 0 Å². The molecule has 27 heavy (non-hydrogen) atoms. The van der Waals surface area contributed by atoms with E-state index in [9.17, 15) is 9.90 Å². The Balaban J connectivity index is 1.55. The zero-order chi connectivity index (χ0) is 19.4. The Morgan fingerprint density at radius 3 is 2.52 bits per heavy atom. The molecule has 3 heteroatoms.